The van der Waals surface area contributed by atoms with Crippen LogP contribution in [0, 0.1) is 10.1 Å². The van der Waals surface area contributed by atoms with Gasteiger partial charge in [-0.25, -0.2) is 9.97 Å². The van der Waals surface area contributed by atoms with E-state index >= 15 is 0 Å². The Morgan fingerprint density at radius 3 is 2.52 bits per heavy atom. The van der Waals surface area contributed by atoms with Gasteiger partial charge in [-0.1, -0.05) is 6.07 Å². The molecule has 0 spiro atoms. The molecule has 10 heteroatoms. The fraction of sp³-hybridized carbons (Fsp3) is 0.333. The summed E-state index contributed by atoms with van der Waals surface area (Å²) >= 11 is 1.67. The van der Waals surface area contributed by atoms with Crippen molar-refractivity contribution >= 4 is 34.3 Å². The van der Waals surface area contributed by atoms with Gasteiger partial charge in [0, 0.05) is 43.3 Å². The number of ether oxygens (including phenoxy) is 1. The Morgan fingerprint density at radius 2 is 1.87 bits per heavy atom. The summed E-state index contributed by atoms with van der Waals surface area (Å²) in [7, 11) is 1.65. The van der Waals surface area contributed by atoms with E-state index in [1.165, 1.54) is 11.2 Å². The minimum Gasteiger partial charge on any atom is -0.497 e. The van der Waals surface area contributed by atoms with Crippen LogP contribution in [0.25, 0.3) is 0 Å². The van der Waals surface area contributed by atoms with Crippen LogP contribution in [0.5, 0.6) is 5.75 Å². The number of aromatic nitrogens is 2. The van der Waals surface area contributed by atoms with Crippen molar-refractivity contribution in [2.75, 3.05) is 55.0 Å². The molecule has 1 saturated heterocycles. The topological polar surface area (TPSA) is 96.7 Å². The van der Waals surface area contributed by atoms with Crippen molar-refractivity contribution in [3.63, 3.8) is 0 Å². The highest BCUT2D eigenvalue weighted by Gasteiger charge is 2.29. The van der Waals surface area contributed by atoms with E-state index in [-0.39, 0.29) is 11.5 Å². The molecule has 9 nitrogen and oxygen atoms in total. The first kappa shape index (κ1) is 20.9. The lowest BCUT2D eigenvalue weighted by Crippen LogP contribution is -2.47. The van der Waals surface area contributed by atoms with Crippen LogP contribution >= 0.6 is 11.3 Å². The summed E-state index contributed by atoms with van der Waals surface area (Å²) in [6, 6.07) is 12.0. The zero-order chi connectivity index (χ0) is 21.6. The molecule has 0 unspecified atom stereocenters. The number of hydrogen-bond donors (Lipinski definition) is 1. The van der Waals surface area contributed by atoms with Crippen LogP contribution in [0.2, 0.25) is 0 Å². The maximum absolute atomic E-state index is 11.9. The third kappa shape index (κ3) is 4.85. The van der Waals surface area contributed by atoms with E-state index in [1.54, 1.807) is 18.4 Å². The summed E-state index contributed by atoms with van der Waals surface area (Å²) in [5.41, 5.74) is 1.04. The first-order valence-electron chi connectivity index (χ1n) is 10.1. The quantitative estimate of drug-likeness (QED) is 0.420. The Hall–Kier alpha value is -3.40. The zero-order valence-corrected chi connectivity index (χ0v) is 18.0. The third-order valence-electron chi connectivity index (χ3n) is 5.25. The summed E-state index contributed by atoms with van der Waals surface area (Å²) in [6.07, 6.45) is 2.18. The molecule has 1 N–H and O–H groups in total. The van der Waals surface area contributed by atoms with Gasteiger partial charge < -0.3 is 19.9 Å². The Balaban J connectivity index is 1.44. The lowest BCUT2D eigenvalue weighted by molar-refractivity contribution is -0.383. The minimum atomic E-state index is -0.390. The monoisotopic (exact) mass is 440 g/mol. The Kier molecular flexibility index (Phi) is 6.46. The molecule has 0 amide bonds. The lowest BCUT2D eigenvalue weighted by Gasteiger charge is -2.36. The molecule has 3 heterocycles. The van der Waals surface area contributed by atoms with Gasteiger partial charge in [0.15, 0.2) is 0 Å². The largest absolute Gasteiger partial charge is 0.497 e. The molecule has 4 rings (SSSR count). The number of thiophene rings is 1. The van der Waals surface area contributed by atoms with E-state index in [9.17, 15) is 10.1 Å². The predicted molar refractivity (Wildman–Crippen MR) is 123 cm³/mol. The van der Waals surface area contributed by atoms with E-state index in [4.69, 9.17) is 4.74 Å². The van der Waals surface area contributed by atoms with Gasteiger partial charge in [0.05, 0.1) is 12.0 Å². The molecule has 0 aliphatic carbocycles. The van der Waals surface area contributed by atoms with Crippen molar-refractivity contribution in [2.45, 2.75) is 6.42 Å². The normalized spacial score (nSPS) is 13.8. The number of nitrogens with zero attached hydrogens (tertiary/aromatic N) is 5. The van der Waals surface area contributed by atoms with Crippen molar-refractivity contribution in [3.05, 3.63) is 63.1 Å². The van der Waals surface area contributed by atoms with Crippen LogP contribution in [0.1, 0.15) is 4.88 Å². The second kappa shape index (κ2) is 9.61. The molecular weight excluding hydrogens is 416 g/mol. The summed E-state index contributed by atoms with van der Waals surface area (Å²) in [5.74, 6) is 1.45. The van der Waals surface area contributed by atoms with Crippen LogP contribution in [0.15, 0.2) is 48.1 Å². The van der Waals surface area contributed by atoms with Crippen LogP contribution in [0.4, 0.5) is 23.0 Å². The van der Waals surface area contributed by atoms with Gasteiger partial charge in [-0.05, 0) is 42.1 Å². The van der Waals surface area contributed by atoms with Crippen molar-refractivity contribution in [1.29, 1.82) is 0 Å². The van der Waals surface area contributed by atoms with Gasteiger partial charge in [0.2, 0.25) is 11.6 Å². The number of hydrogen-bond acceptors (Lipinski definition) is 9. The summed E-state index contributed by atoms with van der Waals surface area (Å²) in [4.78, 5) is 25.3. The van der Waals surface area contributed by atoms with E-state index in [0.29, 0.717) is 25.5 Å². The molecule has 1 aliphatic rings. The Morgan fingerprint density at radius 1 is 1.13 bits per heavy atom. The molecular formula is C21H24N6O3S. The second-order valence-electron chi connectivity index (χ2n) is 7.08. The SMILES string of the molecule is COc1ccc(N2CCN(c3ncnc(NCCc4cccs4)c3[N+](=O)[O-])CC2)cc1. The standard InChI is InChI=1S/C21H24N6O3S/c1-30-17-6-4-16(5-7-17)25-10-12-26(13-11-25)21-19(27(28)29)20(23-15-24-21)22-9-8-18-3-2-14-31-18/h2-7,14-15H,8-13H2,1H3,(H,22,23,24). The Labute approximate surface area is 184 Å². The first-order chi connectivity index (χ1) is 15.2. The van der Waals surface area contributed by atoms with Crippen LogP contribution in [-0.4, -0.2) is 54.7 Å². The number of piperazine rings is 1. The molecule has 1 aliphatic heterocycles. The number of rotatable bonds is 8. The molecule has 1 fully saturated rings. The van der Waals surface area contributed by atoms with Crippen molar-refractivity contribution in [2.24, 2.45) is 0 Å². The summed E-state index contributed by atoms with van der Waals surface area (Å²) < 4.78 is 5.22. The summed E-state index contributed by atoms with van der Waals surface area (Å²) in [6.45, 7) is 3.34. The molecule has 2 aromatic heterocycles. The zero-order valence-electron chi connectivity index (χ0n) is 17.2. The number of nitrogens with one attached hydrogen (secondary N) is 1. The van der Waals surface area contributed by atoms with E-state index < -0.39 is 4.92 Å². The fourth-order valence-electron chi connectivity index (χ4n) is 3.63. The average Bonchev–Trinajstić information content (AvgIpc) is 3.32. The predicted octanol–water partition coefficient (Wildman–Crippen LogP) is 3.44. The number of benzene rings is 1. The van der Waals surface area contributed by atoms with E-state index in [2.05, 4.69) is 26.3 Å². The highest BCUT2D eigenvalue weighted by atomic mass is 32.1. The van der Waals surface area contributed by atoms with Gasteiger partial charge in [-0.2, -0.15) is 0 Å². The molecule has 0 atom stereocenters. The van der Waals surface area contributed by atoms with Crippen molar-refractivity contribution < 1.29 is 9.66 Å². The lowest BCUT2D eigenvalue weighted by atomic mass is 10.2. The van der Waals surface area contributed by atoms with Gasteiger partial charge in [0.1, 0.15) is 12.1 Å². The van der Waals surface area contributed by atoms with Crippen molar-refractivity contribution in [1.82, 2.24) is 9.97 Å². The number of methoxy groups -OCH3 is 1. The number of nitro groups is 1. The molecule has 0 bridgehead atoms. The maximum atomic E-state index is 11.9. The molecule has 1 aromatic carbocycles. The van der Waals surface area contributed by atoms with Crippen LogP contribution < -0.4 is 19.9 Å². The smallest absolute Gasteiger partial charge is 0.353 e. The maximum Gasteiger partial charge on any atom is 0.353 e. The Bertz CT molecular complexity index is 1000. The summed E-state index contributed by atoms with van der Waals surface area (Å²) in [5, 5.41) is 17.0. The number of anilines is 3. The van der Waals surface area contributed by atoms with Gasteiger partial charge in [-0.15, -0.1) is 11.3 Å². The third-order valence-corrected chi connectivity index (χ3v) is 6.18. The molecule has 0 saturated carbocycles. The van der Waals surface area contributed by atoms with Gasteiger partial charge in [-0.3, -0.25) is 10.1 Å². The van der Waals surface area contributed by atoms with Gasteiger partial charge in [0.25, 0.3) is 0 Å². The minimum absolute atomic E-state index is 0.0634. The second-order valence-corrected chi connectivity index (χ2v) is 8.11. The van der Waals surface area contributed by atoms with Crippen molar-refractivity contribution in [3.8, 4) is 5.75 Å². The van der Waals surface area contributed by atoms with Crippen LogP contribution in [-0.2, 0) is 6.42 Å². The van der Waals surface area contributed by atoms with E-state index in [1.807, 2.05) is 40.6 Å². The van der Waals surface area contributed by atoms with E-state index in [0.717, 1.165) is 30.9 Å². The fourth-order valence-corrected chi connectivity index (χ4v) is 4.34. The molecule has 162 valence electrons. The average molecular weight is 441 g/mol. The molecule has 0 radical (unpaired) electrons. The van der Waals surface area contributed by atoms with Crippen LogP contribution in [0.3, 0.4) is 0 Å². The van der Waals surface area contributed by atoms with Gasteiger partial charge >= 0.3 is 5.69 Å². The molecule has 3 aromatic rings. The molecule has 31 heavy (non-hydrogen) atoms. The highest BCUT2D eigenvalue weighted by Crippen LogP contribution is 2.33. The highest BCUT2D eigenvalue weighted by molar-refractivity contribution is 7.09. The first-order valence-corrected chi connectivity index (χ1v) is 10.9.